The summed E-state index contributed by atoms with van der Waals surface area (Å²) in [5, 5.41) is 15.2. The van der Waals surface area contributed by atoms with Gasteiger partial charge in [0.1, 0.15) is 0 Å². The van der Waals surface area contributed by atoms with Gasteiger partial charge in [0.25, 0.3) is 5.69 Å². The summed E-state index contributed by atoms with van der Waals surface area (Å²) in [6.45, 7) is 4.07. The van der Waals surface area contributed by atoms with Crippen LogP contribution in [0, 0.1) is 10.1 Å². The zero-order valence-corrected chi connectivity index (χ0v) is 11.0. The van der Waals surface area contributed by atoms with Gasteiger partial charge in [-0.2, -0.15) is 5.10 Å². The summed E-state index contributed by atoms with van der Waals surface area (Å²) in [6.07, 6.45) is 1.66. The highest BCUT2D eigenvalue weighted by Gasteiger charge is 2.13. The van der Waals surface area contributed by atoms with Gasteiger partial charge in [-0.3, -0.25) is 10.1 Å². The van der Waals surface area contributed by atoms with E-state index >= 15 is 0 Å². The van der Waals surface area contributed by atoms with Crippen LogP contribution in [0.5, 0.6) is 0 Å². The summed E-state index contributed by atoms with van der Waals surface area (Å²) in [5.41, 5.74) is 8.95. The van der Waals surface area contributed by atoms with Gasteiger partial charge in [0.05, 0.1) is 22.0 Å². The Kier molecular flexibility index (Phi) is 3.50. The lowest BCUT2D eigenvalue weighted by Crippen LogP contribution is -2.05. The molecule has 2 N–H and O–H groups in total. The molecule has 1 heterocycles. The molecular weight excluding hydrogens is 244 g/mol. The third-order valence-electron chi connectivity index (χ3n) is 3.01. The standard InChI is InChI=1S/C13H16N4O2/c1-3-9-7-10(4-2)16(15-9)13-6-5-11(17(18)19)8-12(13)14/h5-8H,3-4,14H2,1-2H3. The van der Waals surface area contributed by atoms with Crippen molar-refractivity contribution in [3.63, 3.8) is 0 Å². The normalized spacial score (nSPS) is 10.6. The van der Waals surface area contributed by atoms with Gasteiger partial charge in [-0.05, 0) is 25.0 Å². The Morgan fingerprint density at radius 2 is 2.05 bits per heavy atom. The van der Waals surface area contributed by atoms with Crippen molar-refractivity contribution in [3.8, 4) is 5.69 Å². The van der Waals surface area contributed by atoms with Gasteiger partial charge in [-0.15, -0.1) is 0 Å². The maximum absolute atomic E-state index is 10.7. The Labute approximate surface area is 111 Å². The van der Waals surface area contributed by atoms with E-state index in [9.17, 15) is 10.1 Å². The Balaban J connectivity index is 2.52. The smallest absolute Gasteiger partial charge is 0.271 e. The van der Waals surface area contributed by atoms with E-state index in [1.165, 1.54) is 12.1 Å². The SMILES string of the molecule is CCc1cc(CC)n(-c2ccc([N+](=O)[O-])cc2N)n1. The molecule has 6 nitrogen and oxygen atoms in total. The maximum Gasteiger partial charge on any atom is 0.271 e. The molecule has 0 radical (unpaired) electrons. The van der Waals surface area contributed by atoms with Crippen LogP contribution in [0.2, 0.25) is 0 Å². The molecule has 0 unspecified atom stereocenters. The van der Waals surface area contributed by atoms with Crippen LogP contribution in [0.1, 0.15) is 25.2 Å². The lowest BCUT2D eigenvalue weighted by molar-refractivity contribution is -0.384. The van der Waals surface area contributed by atoms with E-state index in [0.29, 0.717) is 11.4 Å². The molecule has 2 rings (SSSR count). The number of benzene rings is 1. The zero-order valence-electron chi connectivity index (χ0n) is 11.0. The number of nitro groups is 1. The fourth-order valence-corrected chi connectivity index (χ4v) is 1.96. The number of hydrogen-bond acceptors (Lipinski definition) is 4. The molecule has 0 atom stereocenters. The molecule has 2 aromatic rings. The topological polar surface area (TPSA) is 87.0 Å². The number of rotatable bonds is 4. The van der Waals surface area contributed by atoms with Crippen LogP contribution in [0.15, 0.2) is 24.3 Å². The molecule has 0 spiro atoms. The van der Waals surface area contributed by atoms with Gasteiger partial charge in [-0.1, -0.05) is 13.8 Å². The van der Waals surface area contributed by atoms with E-state index < -0.39 is 4.92 Å². The number of nitrogen functional groups attached to an aromatic ring is 1. The predicted molar refractivity (Wildman–Crippen MR) is 73.4 cm³/mol. The van der Waals surface area contributed by atoms with Crippen LogP contribution in [-0.2, 0) is 12.8 Å². The highest BCUT2D eigenvalue weighted by molar-refractivity contribution is 5.62. The second-order valence-corrected chi connectivity index (χ2v) is 4.25. The van der Waals surface area contributed by atoms with Crippen LogP contribution in [0.25, 0.3) is 5.69 Å². The second-order valence-electron chi connectivity index (χ2n) is 4.25. The molecular formula is C13H16N4O2. The molecule has 0 aliphatic carbocycles. The van der Waals surface area contributed by atoms with Crippen LogP contribution in [-0.4, -0.2) is 14.7 Å². The van der Waals surface area contributed by atoms with Gasteiger partial charge < -0.3 is 5.73 Å². The van der Waals surface area contributed by atoms with Crippen molar-refractivity contribution in [2.45, 2.75) is 26.7 Å². The Morgan fingerprint density at radius 3 is 2.58 bits per heavy atom. The highest BCUT2D eigenvalue weighted by atomic mass is 16.6. The largest absolute Gasteiger partial charge is 0.397 e. The number of hydrogen-bond donors (Lipinski definition) is 1. The number of aromatic nitrogens is 2. The van der Waals surface area contributed by atoms with E-state index in [2.05, 4.69) is 5.10 Å². The first kappa shape index (κ1) is 13.1. The molecule has 0 saturated carbocycles. The van der Waals surface area contributed by atoms with Gasteiger partial charge in [0.2, 0.25) is 0 Å². The Bertz CT molecular complexity index is 619. The van der Waals surface area contributed by atoms with Crippen molar-refractivity contribution >= 4 is 11.4 Å². The van der Waals surface area contributed by atoms with Crippen molar-refractivity contribution in [2.75, 3.05) is 5.73 Å². The molecule has 6 heteroatoms. The first-order valence-electron chi connectivity index (χ1n) is 6.18. The molecule has 0 aliphatic heterocycles. The summed E-state index contributed by atoms with van der Waals surface area (Å²) in [6, 6.07) is 6.47. The molecule has 100 valence electrons. The molecule has 1 aromatic carbocycles. The quantitative estimate of drug-likeness (QED) is 0.519. The Hall–Kier alpha value is -2.37. The van der Waals surface area contributed by atoms with Gasteiger partial charge in [0.15, 0.2) is 0 Å². The second kappa shape index (κ2) is 5.09. The summed E-state index contributed by atoms with van der Waals surface area (Å²) >= 11 is 0. The van der Waals surface area contributed by atoms with Gasteiger partial charge in [-0.25, -0.2) is 4.68 Å². The van der Waals surface area contributed by atoms with Crippen molar-refractivity contribution < 1.29 is 4.92 Å². The minimum absolute atomic E-state index is 0.0119. The van der Waals surface area contributed by atoms with Crippen LogP contribution in [0.4, 0.5) is 11.4 Å². The number of non-ortho nitro benzene ring substituents is 1. The van der Waals surface area contributed by atoms with E-state index in [1.54, 1.807) is 10.7 Å². The summed E-state index contributed by atoms with van der Waals surface area (Å²) < 4.78 is 1.76. The van der Waals surface area contributed by atoms with Crippen molar-refractivity contribution in [2.24, 2.45) is 0 Å². The molecule has 0 saturated heterocycles. The van der Waals surface area contributed by atoms with Crippen molar-refractivity contribution in [1.29, 1.82) is 0 Å². The van der Waals surface area contributed by atoms with E-state index in [-0.39, 0.29) is 5.69 Å². The first-order valence-corrected chi connectivity index (χ1v) is 6.18. The highest BCUT2D eigenvalue weighted by Crippen LogP contribution is 2.24. The third-order valence-corrected chi connectivity index (χ3v) is 3.01. The first-order chi connectivity index (χ1) is 9.06. The van der Waals surface area contributed by atoms with Crippen molar-refractivity contribution in [1.82, 2.24) is 9.78 Å². The van der Waals surface area contributed by atoms with E-state index in [0.717, 1.165) is 24.2 Å². The average Bonchev–Trinajstić information content (AvgIpc) is 2.81. The molecule has 0 aliphatic rings. The molecule has 0 amide bonds. The number of nitro benzene ring substituents is 1. The fourth-order valence-electron chi connectivity index (χ4n) is 1.96. The minimum Gasteiger partial charge on any atom is -0.397 e. The van der Waals surface area contributed by atoms with Crippen LogP contribution < -0.4 is 5.73 Å². The number of anilines is 1. The average molecular weight is 260 g/mol. The summed E-state index contributed by atoms with van der Waals surface area (Å²) in [4.78, 5) is 10.2. The van der Waals surface area contributed by atoms with Crippen LogP contribution >= 0.6 is 0 Å². The lowest BCUT2D eigenvalue weighted by Gasteiger charge is -2.08. The Morgan fingerprint density at radius 1 is 1.32 bits per heavy atom. The monoisotopic (exact) mass is 260 g/mol. The number of nitrogens with two attached hydrogens (primary N) is 1. The number of aryl methyl sites for hydroxylation is 2. The molecule has 19 heavy (non-hydrogen) atoms. The predicted octanol–water partition coefficient (Wildman–Crippen LogP) is 2.49. The van der Waals surface area contributed by atoms with Crippen LogP contribution in [0.3, 0.4) is 0 Å². The molecule has 0 bridgehead atoms. The summed E-state index contributed by atoms with van der Waals surface area (Å²) in [5.74, 6) is 0. The third kappa shape index (κ3) is 2.42. The number of nitrogens with zero attached hydrogens (tertiary/aromatic N) is 3. The lowest BCUT2D eigenvalue weighted by atomic mass is 10.2. The van der Waals surface area contributed by atoms with Gasteiger partial charge >= 0.3 is 0 Å². The fraction of sp³-hybridized carbons (Fsp3) is 0.308. The van der Waals surface area contributed by atoms with E-state index in [1.807, 2.05) is 19.9 Å². The van der Waals surface area contributed by atoms with Crippen molar-refractivity contribution in [3.05, 3.63) is 45.8 Å². The maximum atomic E-state index is 10.7. The minimum atomic E-state index is -0.457. The molecule has 0 fully saturated rings. The summed E-state index contributed by atoms with van der Waals surface area (Å²) in [7, 11) is 0. The zero-order chi connectivity index (χ0) is 14.0. The molecule has 1 aromatic heterocycles. The van der Waals surface area contributed by atoms with Gasteiger partial charge in [0, 0.05) is 17.8 Å². The van der Waals surface area contributed by atoms with E-state index in [4.69, 9.17) is 5.73 Å².